The van der Waals surface area contributed by atoms with Gasteiger partial charge in [-0.15, -0.1) is 0 Å². The zero-order chi connectivity index (χ0) is 17.6. The van der Waals surface area contributed by atoms with Crippen molar-refractivity contribution < 1.29 is 9.59 Å². The minimum atomic E-state index is -0.555. The average molecular weight is 334 g/mol. The van der Waals surface area contributed by atoms with Gasteiger partial charge in [-0.05, 0) is 37.1 Å². The van der Waals surface area contributed by atoms with Crippen LogP contribution in [0, 0.1) is 0 Å². The maximum absolute atomic E-state index is 12.8. The van der Waals surface area contributed by atoms with Crippen LogP contribution in [-0.2, 0) is 6.42 Å². The molecule has 0 unspecified atom stereocenters. The molecule has 0 aliphatic carbocycles. The van der Waals surface area contributed by atoms with Crippen molar-refractivity contribution in [3.63, 3.8) is 0 Å². The Kier molecular flexibility index (Phi) is 3.53. The fraction of sp³-hybridized carbons (Fsp3) is 0.211. The Labute approximate surface area is 144 Å². The number of nitrogens with zero attached hydrogens (tertiary/aromatic N) is 2. The summed E-state index contributed by atoms with van der Waals surface area (Å²) in [5, 5.41) is 1.22. The van der Waals surface area contributed by atoms with Gasteiger partial charge in [0, 0.05) is 29.3 Å². The summed E-state index contributed by atoms with van der Waals surface area (Å²) < 4.78 is 0. The number of hydrogen-bond donors (Lipinski definition) is 2. The van der Waals surface area contributed by atoms with Gasteiger partial charge in [0.1, 0.15) is 5.69 Å². The van der Waals surface area contributed by atoms with Gasteiger partial charge in [-0.25, -0.2) is 0 Å². The predicted octanol–water partition coefficient (Wildman–Crippen LogP) is 2.42. The number of para-hydroxylation sites is 1. The normalized spacial score (nSPS) is 16.7. The van der Waals surface area contributed by atoms with Crippen LogP contribution in [0.2, 0.25) is 0 Å². The molecule has 0 bridgehead atoms. The van der Waals surface area contributed by atoms with Crippen molar-refractivity contribution in [1.82, 2.24) is 14.9 Å². The highest BCUT2D eigenvalue weighted by molar-refractivity contribution is 5.96. The molecule has 0 radical (unpaired) electrons. The van der Waals surface area contributed by atoms with Crippen LogP contribution >= 0.6 is 0 Å². The number of amides is 2. The van der Waals surface area contributed by atoms with Gasteiger partial charge in [-0.2, -0.15) is 0 Å². The van der Waals surface area contributed by atoms with Crippen LogP contribution in [0.1, 0.15) is 45.1 Å². The molecule has 3 N–H and O–H groups in total. The molecule has 0 fully saturated rings. The number of aromatic nitrogens is 2. The summed E-state index contributed by atoms with van der Waals surface area (Å²) in [5.74, 6) is -0.701. The topological polar surface area (TPSA) is 92.1 Å². The van der Waals surface area contributed by atoms with E-state index in [0.29, 0.717) is 17.8 Å². The van der Waals surface area contributed by atoms with Crippen molar-refractivity contribution in [3.8, 4) is 0 Å². The second kappa shape index (κ2) is 5.73. The number of pyridine rings is 1. The van der Waals surface area contributed by atoms with E-state index in [1.165, 1.54) is 23.2 Å². The fourth-order valence-electron chi connectivity index (χ4n) is 3.52. The van der Waals surface area contributed by atoms with Crippen LogP contribution in [-0.4, -0.2) is 33.2 Å². The molecule has 3 aromatic rings. The van der Waals surface area contributed by atoms with Crippen molar-refractivity contribution >= 4 is 22.7 Å². The maximum atomic E-state index is 12.8. The first-order valence-electron chi connectivity index (χ1n) is 8.22. The zero-order valence-electron chi connectivity index (χ0n) is 13.8. The molecule has 4 rings (SSSR count). The lowest BCUT2D eigenvalue weighted by atomic mass is 9.98. The summed E-state index contributed by atoms with van der Waals surface area (Å²) in [5.41, 5.74) is 9.28. The largest absolute Gasteiger partial charge is 0.366 e. The summed E-state index contributed by atoms with van der Waals surface area (Å²) in [7, 11) is 0. The Morgan fingerprint density at radius 3 is 2.76 bits per heavy atom. The molecule has 6 heteroatoms. The van der Waals surface area contributed by atoms with E-state index in [0.717, 1.165) is 17.6 Å². The third kappa shape index (κ3) is 2.46. The Balaban J connectivity index is 1.65. The van der Waals surface area contributed by atoms with Crippen LogP contribution in [0.3, 0.4) is 0 Å². The van der Waals surface area contributed by atoms with Crippen LogP contribution in [0.5, 0.6) is 0 Å². The summed E-state index contributed by atoms with van der Waals surface area (Å²) in [6.07, 6.45) is 2.15. The van der Waals surface area contributed by atoms with Gasteiger partial charge in [0.15, 0.2) is 0 Å². The lowest BCUT2D eigenvalue weighted by Crippen LogP contribution is -2.39. The van der Waals surface area contributed by atoms with Gasteiger partial charge in [0.05, 0.1) is 11.6 Å². The van der Waals surface area contributed by atoms with Gasteiger partial charge in [-0.3, -0.25) is 14.6 Å². The Bertz CT molecular complexity index is 975. The zero-order valence-corrected chi connectivity index (χ0v) is 13.8. The third-order valence-electron chi connectivity index (χ3n) is 4.86. The van der Waals surface area contributed by atoms with Crippen LogP contribution in [0.25, 0.3) is 10.9 Å². The SMILES string of the molecule is C[C@@H]1c2[nH]c3ccccc3c2CCN1C(=O)c1ccc(C(N)=O)cn1. The molecule has 3 heterocycles. The van der Waals surface area contributed by atoms with Gasteiger partial charge in [-0.1, -0.05) is 18.2 Å². The second-order valence-electron chi connectivity index (χ2n) is 6.28. The smallest absolute Gasteiger partial charge is 0.273 e. The van der Waals surface area contributed by atoms with E-state index >= 15 is 0 Å². The Morgan fingerprint density at radius 1 is 1.24 bits per heavy atom. The summed E-state index contributed by atoms with van der Waals surface area (Å²) >= 11 is 0. The highest BCUT2D eigenvalue weighted by Crippen LogP contribution is 2.34. The fourth-order valence-corrected chi connectivity index (χ4v) is 3.52. The van der Waals surface area contributed by atoms with Crippen molar-refractivity contribution in [3.05, 3.63) is 65.1 Å². The van der Waals surface area contributed by atoms with Gasteiger partial charge < -0.3 is 15.6 Å². The summed E-state index contributed by atoms with van der Waals surface area (Å²) in [6.45, 7) is 2.65. The molecule has 1 aromatic carbocycles. The molecule has 0 saturated heterocycles. The Morgan fingerprint density at radius 2 is 2.04 bits per heavy atom. The first kappa shape index (κ1) is 15.4. The molecule has 1 aliphatic heterocycles. The minimum Gasteiger partial charge on any atom is -0.366 e. The van der Waals surface area contributed by atoms with E-state index in [-0.39, 0.29) is 11.9 Å². The molecule has 6 nitrogen and oxygen atoms in total. The first-order chi connectivity index (χ1) is 12.1. The van der Waals surface area contributed by atoms with E-state index in [4.69, 9.17) is 5.73 Å². The molecular formula is C19H18N4O2. The number of aromatic amines is 1. The number of primary amides is 1. The van der Waals surface area contributed by atoms with E-state index in [1.807, 2.05) is 24.0 Å². The number of rotatable bonds is 2. The summed E-state index contributed by atoms with van der Waals surface area (Å²) in [4.78, 5) is 33.4. The lowest BCUT2D eigenvalue weighted by molar-refractivity contribution is 0.0668. The molecule has 1 atom stereocenters. The Hall–Kier alpha value is -3.15. The molecule has 2 aromatic heterocycles. The number of nitrogens with one attached hydrogen (secondary N) is 1. The molecule has 25 heavy (non-hydrogen) atoms. The van der Waals surface area contributed by atoms with Gasteiger partial charge in [0.2, 0.25) is 5.91 Å². The number of nitrogens with two attached hydrogens (primary N) is 1. The second-order valence-corrected chi connectivity index (χ2v) is 6.28. The third-order valence-corrected chi connectivity index (χ3v) is 4.86. The van der Waals surface area contributed by atoms with Crippen LogP contribution in [0.15, 0.2) is 42.6 Å². The molecule has 1 aliphatic rings. The van der Waals surface area contributed by atoms with E-state index in [2.05, 4.69) is 22.1 Å². The molecule has 2 amide bonds. The molecule has 0 saturated carbocycles. The number of fused-ring (bicyclic) bond motifs is 3. The van der Waals surface area contributed by atoms with Gasteiger partial charge in [0.25, 0.3) is 5.91 Å². The number of H-pyrrole nitrogens is 1. The molecule has 126 valence electrons. The van der Waals surface area contributed by atoms with Crippen molar-refractivity contribution in [2.45, 2.75) is 19.4 Å². The first-order valence-corrected chi connectivity index (χ1v) is 8.22. The summed E-state index contributed by atoms with van der Waals surface area (Å²) in [6, 6.07) is 11.2. The van der Waals surface area contributed by atoms with Gasteiger partial charge >= 0.3 is 0 Å². The predicted molar refractivity (Wildman–Crippen MR) is 94.2 cm³/mol. The standard InChI is InChI=1S/C19H18N4O2/c1-11-17-14(13-4-2-3-5-15(13)22-17)8-9-23(11)19(25)16-7-6-12(10-21-16)18(20)24/h2-7,10-11,22H,8-9H2,1H3,(H2,20,24)/t11-/m1/s1. The van der Waals surface area contributed by atoms with E-state index < -0.39 is 5.91 Å². The number of carbonyl (C=O) groups is 2. The molecule has 0 spiro atoms. The van der Waals surface area contributed by atoms with Crippen molar-refractivity contribution in [2.75, 3.05) is 6.54 Å². The average Bonchev–Trinajstić information content (AvgIpc) is 3.01. The molecular weight excluding hydrogens is 316 g/mol. The van der Waals surface area contributed by atoms with E-state index in [9.17, 15) is 9.59 Å². The quantitative estimate of drug-likeness (QED) is 0.754. The number of benzene rings is 1. The minimum absolute atomic E-state index is 0.0683. The van der Waals surface area contributed by atoms with Crippen molar-refractivity contribution in [2.24, 2.45) is 5.73 Å². The monoisotopic (exact) mass is 334 g/mol. The van der Waals surface area contributed by atoms with Crippen LogP contribution < -0.4 is 5.73 Å². The number of carbonyl (C=O) groups excluding carboxylic acids is 2. The maximum Gasteiger partial charge on any atom is 0.273 e. The van der Waals surface area contributed by atoms with Crippen LogP contribution in [0.4, 0.5) is 0 Å². The number of hydrogen-bond acceptors (Lipinski definition) is 3. The highest BCUT2D eigenvalue weighted by atomic mass is 16.2. The lowest BCUT2D eigenvalue weighted by Gasteiger charge is -2.33. The highest BCUT2D eigenvalue weighted by Gasteiger charge is 2.31. The van der Waals surface area contributed by atoms with Crippen molar-refractivity contribution in [1.29, 1.82) is 0 Å². The van der Waals surface area contributed by atoms with E-state index in [1.54, 1.807) is 6.07 Å².